The van der Waals surface area contributed by atoms with E-state index in [2.05, 4.69) is 11.9 Å². The normalized spacial score (nSPS) is 10.4. The molecule has 3 aromatic rings. The lowest BCUT2D eigenvalue weighted by Crippen LogP contribution is -2.07. The van der Waals surface area contributed by atoms with Gasteiger partial charge in [-0.1, -0.05) is 30.8 Å². The average Bonchev–Trinajstić information content (AvgIpc) is 2.69. The maximum absolute atomic E-state index is 11.8. The summed E-state index contributed by atoms with van der Waals surface area (Å²) in [6.07, 6.45) is 0. The second-order valence-electron chi connectivity index (χ2n) is 6.19. The highest BCUT2D eigenvalue weighted by Crippen LogP contribution is 2.25. The van der Waals surface area contributed by atoms with Gasteiger partial charge in [0.1, 0.15) is 11.5 Å². The highest BCUT2D eigenvalue weighted by molar-refractivity contribution is 5.66. The zero-order chi connectivity index (χ0) is 19.4. The molecule has 0 fully saturated rings. The zero-order valence-electron chi connectivity index (χ0n) is 15.3. The molecule has 0 saturated carbocycles. The Balaban J connectivity index is 1.74. The van der Waals surface area contributed by atoms with E-state index in [9.17, 15) is 9.90 Å². The van der Waals surface area contributed by atoms with Gasteiger partial charge in [-0.15, -0.1) is 0 Å². The zero-order valence-corrected chi connectivity index (χ0v) is 15.3. The summed E-state index contributed by atoms with van der Waals surface area (Å²) >= 11 is 0. The number of rotatable bonds is 6. The third kappa shape index (κ3) is 4.20. The van der Waals surface area contributed by atoms with Crippen molar-refractivity contribution < 1.29 is 14.3 Å². The maximum Gasteiger partial charge on any atom is 0.227 e. The number of allylic oxidation sites excluding steroid dienone is 1. The molecule has 3 rings (SSSR count). The predicted octanol–water partition coefficient (Wildman–Crippen LogP) is 4.67. The number of hydrogen-bond acceptors (Lipinski definition) is 5. The standard InChI is InChI=1S/C22H21NO4/c1-14(2)20-12-19(24)22(25)21(27-20)13-23-17-8-4-15(5-9-17)16-6-10-18(26-3)11-7-16/h4-12,23,25H,1,13H2,2-3H3. The highest BCUT2D eigenvalue weighted by Gasteiger charge is 2.11. The minimum atomic E-state index is -0.481. The van der Waals surface area contributed by atoms with Gasteiger partial charge < -0.3 is 19.6 Å². The van der Waals surface area contributed by atoms with E-state index in [1.54, 1.807) is 14.0 Å². The van der Waals surface area contributed by atoms with E-state index in [4.69, 9.17) is 9.15 Å². The molecule has 0 unspecified atom stereocenters. The quantitative estimate of drug-likeness (QED) is 0.666. The van der Waals surface area contributed by atoms with Crippen LogP contribution < -0.4 is 15.5 Å². The fourth-order valence-electron chi connectivity index (χ4n) is 2.61. The van der Waals surface area contributed by atoms with Crippen molar-refractivity contribution in [1.29, 1.82) is 0 Å². The van der Waals surface area contributed by atoms with Crippen LogP contribution in [-0.4, -0.2) is 12.2 Å². The first kappa shape index (κ1) is 18.3. The van der Waals surface area contributed by atoms with E-state index in [0.717, 1.165) is 22.6 Å². The second-order valence-corrected chi connectivity index (χ2v) is 6.19. The molecule has 2 N–H and O–H groups in total. The molecule has 0 atom stereocenters. The SMILES string of the molecule is C=C(C)c1cc(=O)c(O)c(CNc2ccc(-c3ccc(OC)cc3)cc2)o1. The van der Waals surface area contributed by atoms with E-state index in [1.807, 2.05) is 48.5 Å². The van der Waals surface area contributed by atoms with Gasteiger partial charge in [-0.25, -0.2) is 0 Å². The van der Waals surface area contributed by atoms with Crippen LogP contribution in [0.25, 0.3) is 16.7 Å². The number of aromatic hydroxyl groups is 1. The van der Waals surface area contributed by atoms with Crippen LogP contribution in [0.5, 0.6) is 11.5 Å². The van der Waals surface area contributed by atoms with Gasteiger partial charge in [0.05, 0.1) is 13.7 Å². The minimum Gasteiger partial charge on any atom is -0.502 e. The summed E-state index contributed by atoms with van der Waals surface area (Å²) in [5.41, 5.74) is 3.14. The Hall–Kier alpha value is -3.47. The summed E-state index contributed by atoms with van der Waals surface area (Å²) < 4.78 is 10.7. The largest absolute Gasteiger partial charge is 0.502 e. The van der Waals surface area contributed by atoms with Crippen LogP contribution in [0.15, 0.2) is 70.4 Å². The summed E-state index contributed by atoms with van der Waals surface area (Å²) in [6.45, 7) is 5.69. The molecule has 0 amide bonds. The number of methoxy groups -OCH3 is 1. The van der Waals surface area contributed by atoms with Crippen molar-refractivity contribution in [2.24, 2.45) is 0 Å². The number of nitrogens with one attached hydrogen (secondary N) is 1. The Labute approximate surface area is 157 Å². The lowest BCUT2D eigenvalue weighted by Gasteiger charge is -2.10. The summed E-state index contributed by atoms with van der Waals surface area (Å²) in [5.74, 6) is 0.974. The van der Waals surface area contributed by atoms with Crippen molar-refractivity contribution in [3.8, 4) is 22.6 Å². The van der Waals surface area contributed by atoms with Crippen molar-refractivity contribution in [2.75, 3.05) is 12.4 Å². The summed E-state index contributed by atoms with van der Waals surface area (Å²) in [7, 11) is 1.64. The first-order valence-corrected chi connectivity index (χ1v) is 8.48. The van der Waals surface area contributed by atoms with E-state index >= 15 is 0 Å². The average molecular weight is 363 g/mol. The lowest BCUT2D eigenvalue weighted by molar-refractivity contribution is 0.399. The second kappa shape index (κ2) is 7.83. The fraction of sp³-hybridized carbons (Fsp3) is 0.136. The molecule has 2 aromatic carbocycles. The van der Waals surface area contributed by atoms with Gasteiger partial charge in [0.2, 0.25) is 11.2 Å². The highest BCUT2D eigenvalue weighted by atomic mass is 16.5. The Morgan fingerprint density at radius 2 is 1.70 bits per heavy atom. The predicted molar refractivity (Wildman–Crippen MR) is 107 cm³/mol. The molecule has 0 aliphatic heterocycles. The molecular weight excluding hydrogens is 342 g/mol. The summed E-state index contributed by atoms with van der Waals surface area (Å²) in [5, 5.41) is 13.1. The van der Waals surface area contributed by atoms with Crippen LogP contribution in [-0.2, 0) is 6.54 Å². The van der Waals surface area contributed by atoms with E-state index < -0.39 is 5.43 Å². The maximum atomic E-state index is 11.8. The van der Waals surface area contributed by atoms with Crippen molar-refractivity contribution in [2.45, 2.75) is 13.5 Å². The lowest BCUT2D eigenvalue weighted by atomic mass is 10.1. The van der Waals surface area contributed by atoms with Gasteiger partial charge in [0.15, 0.2) is 5.76 Å². The molecule has 5 nitrogen and oxygen atoms in total. The summed E-state index contributed by atoms with van der Waals surface area (Å²) in [4.78, 5) is 11.8. The number of hydrogen-bond donors (Lipinski definition) is 2. The first-order chi connectivity index (χ1) is 13.0. The van der Waals surface area contributed by atoms with Crippen molar-refractivity contribution >= 4 is 11.3 Å². The van der Waals surface area contributed by atoms with Crippen molar-refractivity contribution in [3.05, 3.63) is 82.9 Å². The summed E-state index contributed by atoms with van der Waals surface area (Å²) in [6, 6.07) is 16.9. The topological polar surface area (TPSA) is 71.7 Å². The molecule has 0 aliphatic rings. The third-order valence-corrected chi connectivity index (χ3v) is 4.17. The number of ether oxygens (including phenoxy) is 1. The Morgan fingerprint density at radius 1 is 1.11 bits per heavy atom. The van der Waals surface area contributed by atoms with Crippen molar-refractivity contribution in [1.82, 2.24) is 0 Å². The van der Waals surface area contributed by atoms with Crippen LogP contribution in [0.4, 0.5) is 5.69 Å². The van der Waals surface area contributed by atoms with Gasteiger partial charge in [0, 0.05) is 11.8 Å². The van der Waals surface area contributed by atoms with Gasteiger partial charge in [-0.05, 0) is 47.9 Å². The Morgan fingerprint density at radius 3 is 2.26 bits per heavy atom. The van der Waals surface area contributed by atoms with E-state index in [1.165, 1.54) is 6.07 Å². The number of benzene rings is 2. The molecule has 5 heteroatoms. The molecule has 27 heavy (non-hydrogen) atoms. The van der Waals surface area contributed by atoms with Gasteiger partial charge in [0.25, 0.3) is 0 Å². The van der Waals surface area contributed by atoms with Crippen LogP contribution in [0.1, 0.15) is 18.4 Å². The van der Waals surface area contributed by atoms with E-state index in [0.29, 0.717) is 11.3 Å². The third-order valence-electron chi connectivity index (χ3n) is 4.17. The van der Waals surface area contributed by atoms with Gasteiger partial charge in [-0.3, -0.25) is 4.79 Å². The van der Waals surface area contributed by atoms with E-state index in [-0.39, 0.29) is 18.1 Å². The van der Waals surface area contributed by atoms with Crippen molar-refractivity contribution in [3.63, 3.8) is 0 Å². The van der Waals surface area contributed by atoms with Crippen LogP contribution in [0.2, 0.25) is 0 Å². The Bertz CT molecular complexity index is 1000. The van der Waals surface area contributed by atoms with Crippen LogP contribution in [0, 0.1) is 0 Å². The molecule has 138 valence electrons. The molecule has 0 bridgehead atoms. The molecule has 0 aliphatic carbocycles. The Kier molecular flexibility index (Phi) is 5.31. The van der Waals surface area contributed by atoms with Crippen LogP contribution >= 0.6 is 0 Å². The first-order valence-electron chi connectivity index (χ1n) is 8.48. The minimum absolute atomic E-state index is 0.180. The number of anilines is 1. The van der Waals surface area contributed by atoms with Gasteiger partial charge in [-0.2, -0.15) is 0 Å². The fourth-order valence-corrected chi connectivity index (χ4v) is 2.61. The molecule has 0 radical (unpaired) electrons. The molecule has 1 heterocycles. The monoisotopic (exact) mass is 363 g/mol. The van der Waals surface area contributed by atoms with Gasteiger partial charge >= 0.3 is 0 Å². The smallest absolute Gasteiger partial charge is 0.227 e. The molecule has 1 aromatic heterocycles. The molecule has 0 spiro atoms. The van der Waals surface area contributed by atoms with Crippen LogP contribution in [0.3, 0.4) is 0 Å². The molecular formula is C22H21NO4. The molecule has 0 saturated heterocycles.